The minimum atomic E-state index is -0.567. The second-order valence-electron chi connectivity index (χ2n) is 7.72. The number of nitrogens with zero attached hydrogens (tertiary/aromatic N) is 2. The van der Waals surface area contributed by atoms with Crippen molar-refractivity contribution in [3.05, 3.63) is 78.5 Å². The Labute approximate surface area is 183 Å². The van der Waals surface area contributed by atoms with Crippen LogP contribution < -0.4 is 10.6 Å². The Morgan fingerprint density at radius 3 is 2.29 bits per heavy atom. The third-order valence-corrected chi connectivity index (χ3v) is 4.81. The van der Waals surface area contributed by atoms with E-state index in [1.54, 1.807) is 17.8 Å². The maximum atomic E-state index is 12.5. The lowest BCUT2D eigenvalue weighted by Crippen LogP contribution is -2.45. The zero-order valence-electron chi connectivity index (χ0n) is 18.1. The molecule has 0 fully saturated rings. The van der Waals surface area contributed by atoms with E-state index in [1.165, 1.54) is 6.08 Å². The number of likely N-dealkylation sites (N-methyl/N-ethyl adjacent to an activating group) is 1. The summed E-state index contributed by atoms with van der Waals surface area (Å²) in [6.45, 7) is 4.03. The highest BCUT2D eigenvalue weighted by atomic mass is 16.2. The average Bonchev–Trinajstić information content (AvgIpc) is 3.22. The van der Waals surface area contributed by atoms with Gasteiger partial charge in [0.15, 0.2) is 0 Å². The largest absolute Gasteiger partial charge is 0.357 e. The highest BCUT2D eigenvalue weighted by Gasteiger charge is 2.20. The lowest BCUT2D eigenvalue weighted by Gasteiger charge is -2.18. The summed E-state index contributed by atoms with van der Waals surface area (Å²) in [5.74, 6) is -0.238. The van der Waals surface area contributed by atoms with Gasteiger partial charge in [-0.1, -0.05) is 62.4 Å². The molecule has 0 aliphatic heterocycles. The summed E-state index contributed by atoms with van der Waals surface area (Å²) in [4.78, 5) is 24.6. The summed E-state index contributed by atoms with van der Waals surface area (Å²) >= 11 is 0. The third-order valence-electron chi connectivity index (χ3n) is 4.81. The molecule has 1 atom stereocenters. The fraction of sp³-hybridized carbons (Fsp3) is 0.240. The monoisotopic (exact) mass is 416 g/mol. The maximum absolute atomic E-state index is 12.5. The molecule has 0 spiro atoms. The second kappa shape index (κ2) is 10.4. The first kappa shape index (κ1) is 22.0. The van der Waals surface area contributed by atoms with Crippen LogP contribution in [0.25, 0.3) is 23.0 Å². The van der Waals surface area contributed by atoms with Crippen LogP contribution in [0.1, 0.15) is 25.8 Å². The molecule has 6 nitrogen and oxygen atoms in total. The van der Waals surface area contributed by atoms with Crippen LogP contribution in [-0.4, -0.2) is 34.7 Å². The van der Waals surface area contributed by atoms with E-state index < -0.39 is 6.04 Å². The molecule has 0 radical (unpaired) electrons. The van der Waals surface area contributed by atoms with Gasteiger partial charge in [-0.2, -0.15) is 5.10 Å². The summed E-state index contributed by atoms with van der Waals surface area (Å²) in [5.41, 5.74) is 3.48. The van der Waals surface area contributed by atoms with Gasteiger partial charge in [0.05, 0.1) is 11.4 Å². The molecular weight excluding hydrogens is 388 g/mol. The molecular formula is C25H28N4O2. The first-order valence-electron chi connectivity index (χ1n) is 10.4. The summed E-state index contributed by atoms with van der Waals surface area (Å²) in [7, 11) is 1.57. The van der Waals surface area contributed by atoms with Gasteiger partial charge in [0.1, 0.15) is 6.04 Å². The van der Waals surface area contributed by atoms with Crippen molar-refractivity contribution in [2.24, 2.45) is 5.92 Å². The zero-order chi connectivity index (χ0) is 22.2. The van der Waals surface area contributed by atoms with Gasteiger partial charge in [0.25, 0.3) is 0 Å². The van der Waals surface area contributed by atoms with Gasteiger partial charge in [-0.25, -0.2) is 4.68 Å². The average molecular weight is 417 g/mol. The molecule has 3 aromatic rings. The van der Waals surface area contributed by atoms with Crippen LogP contribution >= 0.6 is 0 Å². The fourth-order valence-electron chi connectivity index (χ4n) is 3.31. The molecule has 2 aromatic carbocycles. The summed E-state index contributed by atoms with van der Waals surface area (Å²) in [6.07, 6.45) is 5.65. The quantitative estimate of drug-likeness (QED) is 0.548. The van der Waals surface area contributed by atoms with Gasteiger partial charge >= 0.3 is 0 Å². The zero-order valence-corrected chi connectivity index (χ0v) is 18.1. The molecule has 0 saturated heterocycles. The second-order valence-corrected chi connectivity index (χ2v) is 7.72. The minimum Gasteiger partial charge on any atom is -0.357 e. The lowest BCUT2D eigenvalue weighted by atomic mass is 10.0. The molecule has 0 saturated carbocycles. The highest BCUT2D eigenvalue weighted by Crippen LogP contribution is 2.24. The molecule has 2 amide bonds. The Hall–Kier alpha value is -3.67. The van der Waals surface area contributed by atoms with Crippen molar-refractivity contribution >= 4 is 17.9 Å². The summed E-state index contributed by atoms with van der Waals surface area (Å²) in [6, 6.07) is 19.1. The SMILES string of the molecule is CNC(=O)C(CC(C)C)NC(=O)/C=C/c1cn(-c2ccccc2)nc1-c1ccccc1. The lowest BCUT2D eigenvalue weighted by molar-refractivity contribution is -0.127. The first-order chi connectivity index (χ1) is 15.0. The Morgan fingerprint density at radius 2 is 1.68 bits per heavy atom. The van der Waals surface area contributed by atoms with Crippen LogP contribution in [-0.2, 0) is 9.59 Å². The number of para-hydroxylation sites is 1. The number of carbonyl (C=O) groups excluding carboxylic acids is 2. The Balaban J connectivity index is 1.87. The van der Waals surface area contributed by atoms with Crippen LogP contribution in [0, 0.1) is 5.92 Å². The molecule has 1 unspecified atom stereocenters. The van der Waals surface area contributed by atoms with Crippen LogP contribution in [0.4, 0.5) is 0 Å². The predicted octanol–water partition coefficient (Wildman–Crippen LogP) is 3.83. The van der Waals surface area contributed by atoms with Gasteiger partial charge < -0.3 is 10.6 Å². The number of benzene rings is 2. The van der Waals surface area contributed by atoms with Crippen LogP contribution in [0.2, 0.25) is 0 Å². The number of hydrogen-bond donors (Lipinski definition) is 2. The third kappa shape index (κ3) is 5.92. The summed E-state index contributed by atoms with van der Waals surface area (Å²) < 4.78 is 1.80. The van der Waals surface area contributed by atoms with Crippen molar-refractivity contribution in [3.63, 3.8) is 0 Å². The molecule has 160 valence electrons. The number of nitrogens with one attached hydrogen (secondary N) is 2. The van der Waals surface area contributed by atoms with E-state index in [0.717, 1.165) is 22.5 Å². The van der Waals surface area contributed by atoms with Crippen molar-refractivity contribution in [1.82, 2.24) is 20.4 Å². The Kier molecular flexibility index (Phi) is 7.38. The fourth-order valence-corrected chi connectivity index (χ4v) is 3.31. The smallest absolute Gasteiger partial charge is 0.244 e. The Morgan fingerprint density at radius 1 is 1.03 bits per heavy atom. The van der Waals surface area contributed by atoms with Crippen LogP contribution in [0.3, 0.4) is 0 Å². The minimum absolute atomic E-state index is 0.197. The van der Waals surface area contributed by atoms with Gasteiger partial charge in [-0.05, 0) is 30.5 Å². The van der Waals surface area contributed by atoms with Crippen molar-refractivity contribution in [2.75, 3.05) is 7.05 Å². The number of aromatic nitrogens is 2. The van der Waals surface area contributed by atoms with Crippen LogP contribution in [0.15, 0.2) is 72.9 Å². The maximum Gasteiger partial charge on any atom is 0.244 e. The first-order valence-corrected chi connectivity index (χ1v) is 10.4. The number of hydrogen-bond acceptors (Lipinski definition) is 3. The molecule has 1 heterocycles. The normalized spacial score (nSPS) is 12.1. The molecule has 1 aromatic heterocycles. The van der Waals surface area contributed by atoms with E-state index in [2.05, 4.69) is 10.6 Å². The van der Waals surface area contributed by atoms with Crippen LogP contribution in [0.5, 0.6) is 0 Å². The molecule has 0 aliphatic carbocycles. The standard InChI is InChI=1S/C25H28N4O2/c1-18(2)16-22(25(31)26-3)27-23(30)15-14-20-17-29(21-12-8-5-9-13-21)28-24(20)19-10-6-4-7-11-19/h4-15,17-18,22H,16H2,1-3H3,(H,26,31)(H,27,30)/b15-14+. The van der Waals surface area contributed by atoms with Gasteiger partial charge in [0, 0.05) is 30.4 Å². The van der Waals surface area contributed by atoms with Gasteiger partial charge in [-0.3, -0.25) is 9.59 Å². The molecule has 31 heavy (non-hydrogen) atoms. The van der Waals surface area contributed by atoms with Gasteiger partial charge in [0.2, 0.25) is 11.8 Å². The van der Waals surface area contributed by atoms with E-state index in [9.17, 15) is 9.59 Å². The van der Waals surface area contributed by atoms with Crippen molar-refractivity contribution in [3.8, 4) is 16.9 Å². The van der Waals surface area contributed by atoms with Crippen molar-refractivity contribution in [2.45, 2.75) is 26.3 Å². The predicted molar refractivity (Wildman–Crippen MR) is 123 cm³/mol. The topological polar surface area (TPSA) is 76.0 Å². The van der Waals surface area contributed by atoms with E-state index in [0.29, 0.717) is 6.42 Å². The van der Waals surface area contributed by atoms with Crippen molar-refractivity contribution in [1.29, 1.82) is 0 Å². The molecule has 0 aliphatic rings. The molecule has 6 heteroatoms. The molecule has 2 N–H and O–H groups in total. The highest BCUT2D eigenvalue weighted by molar-refractivity contribution is 5.96. The molecule has 3 rings (SSSR count). The number of amides is 2. The van der Waals surface area contributed by atoms with E-state index >= 15 is 0 Å². The number of carbonyl (C=O) groups is 2. The van der Waals surface area contributed by atoms with E-state index in [4.69, 9.17) is 5.10 Å². The van der Waals surface area contributed by atoms with E-state index in [1.807, 2.05) is 80.7 Å². The summed E-state index contributed by atoms with van der Waals surface area (Å²) in [5, 5.41) is 10.2. The van der Waals surface area contributed by atoms with Gasteiger partial charge in [-0.15, -0.1) is 0 Å². The van der Waals surface area contributed by atoms with E-state index in [-0.39, 0.29) is 17.7 Å². The Bertz CT molecular complexity index is 1040. The molecule has 0 bridgehead atoms. The van der Waals surface area contributed by atoms with Crippen molar-refractivity contribution < 1.29 is 9.59 Å². The number of rotatable bonds is 8.